The molecule has 2 N–H and O–H groups in total. The Morgan fingerprint density at radius 2 is 1.07 bits per heavy atom. The van der Waals surface area contributed by atoms with E-state index in [2.05, 4.69) is 30.4 Å². The van der Waals surface area contributed by atoms with Crippen LogP contribution in [0.1, 0.15) is 0 Å². The number of benzene rings is 3. The highest BCUT2D eigenvalue weighted by Crippen LogP contribution is 2.30. The van der Waals surface area contributed by atoms with Crippen molar-refractivity contribution in [2.75, 3.05) is 7.11 Å². The minimum atomic E-state index is 0.577. The molecule has 0 radical (unpaired) electrons. The molecule has 30 heavy (non-hydrogen) atoms. The Balaban J connectivity index is 1.52. The number of hydrogen-bond acceptors (Lipinski definition) is 5. The van der Waals surface area contributed by atoms with Crippen LogP contribution in [-0.2, 0) is 0 Å². The maximum atomic E-state index is 5.49. The number of ether oxygens (including phenoxy) is 1. The number of nitrogens with one attached hydrogen (secondary N) is 2. The zero-order valence-electron chi connectivity index (χ0n) is 16.2. The number of nitrogens with zero attached hydrogens (tertiary/aromatic N) is 4. The quantitative estimate of drug-likeness (QED) is 0.454. The minimum Gasteiger partial charge on any atom is -0.497 e. The van der Waals surface area contributed by atoms with Crippen LogP contribution in [0.3, 0.4) is 0 Å². The fraction of sp³-hybridized carbons (Fsp3) is 0.0435. The third-order valence-corrected chi connectivity index (χ3v) is 4.72. The SMILES string of the molecule is COc1cc(-c2n[nH]c(-c3ccccc3)n2)cc(-c2n[nH]c(-c3ccccc3)n2)c1. The van der Waals surface area contributed by atoms with Crippen LogP contribution < -0.4 is 4.74 Å². The first kappa shape index (κ1) is 17.8. The molecule has 0 aliphatic heterocycles. The summed E-state index contributed by atoms with van der Waals surface area (Å²) >= 11 is 0. The molecule has 0 amide bonds. The van der Waals surface area contributed by atoms with E-state index in [0.717, 1.165) is 22.3 Å². The maximum absolute atomic E-state index is 5.49. The molecule has 5 aromatic rings. The molecular weight excluding hydrogens is 376 g/mol. The summed E-state index contributed by atoms with van der Waals surface area (Å²) in [5, 5.41) is 14.8. The van der Waals surface area contributed by atoms with Crippen molar-refractivity contribution in [2.45, 2.75) is 0 Å². The number of hydrogen-bond donors (Lipinski definition) is 2. The van der Waals surface area contributed by atoms with E-state index in [1.165, 1.54) is 0 Å². The van der Waals surface area contributed by atoms with E-state index < -0.39 is 0 Å². The van der Waals surface area contributed by atoms with Crippen LogP contribution in [0.2, 0.25) is 0 Å². The van der Waals surface area contributed by atoms with Gasteiger partial charge < -0.3 is 4.74 Å². The summed E-state index contributed by atoms with van der Waals surface area (Å²) < 4.78 is 5.49. The fourth-order valence-electron chi connectivity index (χ4n) is 3.21. The van der Waals surface area contributed by atoms with E-state index in [9.17, 15) is 0 Å². The van der Waals surface area contributed by atoms with E-state index in [0.29, 0.717) is 29.0 Å². The number of methoxy groups -OCH3 is 1. The van der Waals surface area contributed by atoms with Crippen molar-refractivity contribution in [2.24, 2.45) is 0 Å². The van der Waals surface area contributed by atoms with Gasteiger partial charge in [-0.3, -0.25) is 10.2 Å². The van der Waals surface area contributed by atoms with Gasteiger partial charge in [-0.1, -0.05) is 60.7 Å². The number of aromatic amines is 2. The van der Waals surface area contributed by atoms with Gasteiger partial charge >= 0.3 is 0 Å². The van der Waals surface area contributed by atoms with Crippen molar-refractivity contribution in [1.29, 1.82) is 0 Å². The lowest BCUT2D eigenvalue weighted by molar-refractivity contribution is 0.415. The van der Waals surface area contributed by atoms with Crippen molar-refractivity contribution >= 4 is 0 Å². The van der Waals surface area contributed by atoms with Crippen molar-refractivity contribution in [3.63, 3.8) is 0 Å². The third kappa shape index (κ3) is 3.44. The van der Waals surface area contributed by atoms with E-state index in [1.54, 1.807) is 7.11 Å². The lowest BCUT2D eigenvalue weighted by Gasteiger charge is -2.05. The van der Waals surface area contributed by atoms with Gasteiger partial charge in [0.05, 0.1) is 7.11 Å². The number of rotatable bonds is 5. The summed E-state index contributed by atoms with van der Waals surface area (Å²) in [6.45, 7) is 0. The Kier molecular flexibility index (Phi) is 4.53. The highest BCUT2D eigenvalue weighted by Gasteiger charge is 2.14. The van der Waals surface area contributed by atoms with Crippen LogP contribution in [0.15, 0.2) is 78.9 Å². The number of H-pyrrole nitrogens is 2. The molecular formula is C23H18N6O. The monoisotopic (exact) mass is 394 g/mol. The molecule has 0 atom stereocenters. The first-order valence-corrected chi connectivity index (χ1v) is 9.45. The molecule has 0 saturated carbocycles. The molecule has 0 unspecified atom stereocenters. The lowest BCUT2D eigenvalue weighted by Crippen LogP contribution is -1.90. The molecule has 0 bridgehead atoms. The Morgan fingerprint density at radius 1 is 0.600 bits per heavy atom. The molecule has 0 aliphatic rings. The Hall–Kier alpha value is -4.26. The predicted molar refractivity (Wildman–Crippen MR) is 115 cm³/mol. The topological polar surface area (TPSA) is 92.4 Å². The average Bonchev–Trinajstić information content (AvgIpc) is 3.50. The van der Waals surface area contributed by atoms with Crippen LogP contribution in [0.25, 0.3) is 45.6 Å². The summed E-state index contributed by atoms with van der Waals surface area (Å²) in [4.78, 5) is 9.29. The zero-order chi connectivity index (χ0) is 20.3. The molecule has 3 aromatic carbocycles. The van der Waals surface area contributed by atoms with Gasteiger partial charge in [0.15, 0.2) is 23.3 Å². The molecule has 0 fully saturated rings. The highest BCUT2D eigenvalue weighted by atomic mass is 16.5. The summed E-state index contributed by atoms with van der Waals surface area (Å²) in [6.07, 6.45) is 0. The summed E-state index contributed by atoms with van der Waals surface area (Å²) in [6, 6.07) is 25.5. The van der Waals surface area contributed by atoms with E-state index in [4.69, 9.17) is 4.74 Å². The van der Waals surface area contributed by atoms with Gasteiger partial charge in [0, 0.05) is 22.3 Å². The summed E-state index contributed by atoms with van der Waals surface area (Å²) in [7, 11) is 1.63. The van der Waals surface area contributed by atoms with Gasteiger partial charge in [-0.05, 0) is 18.2 Å². The van der Waals surface area contributed by atoms with Gasteiger partial charge in [-0.15, -0.1) is 0 Å². The maximum Gasteiger partial charge on any atom is 0.181 e. The second-order valence-electron chi connectivity index (χ2n) is 6.70. The smallest absolute Gasteiger partial charge is 0.181 e. The van der Waals surface area contributed by atoms with Crippen molar-refractivity contribution in [3.8, 4) is 51.3 Å². The first-order valence-electron chi connectivity index (χ1n) is 9.45. The normalized spacial score (nSPS) is 10.8. The molecule has 0 saturated heterocycles. The van der Waals surface area contributed by atoms with Crippen LogP contribution in [0.4, 0.5) is 0 Å². The predicted octanol–water partition coefficient (Wildman–Crippen LogP) is 4.60. The van der Waals surface area contributed by atoms with Gasteiger partial charge in [0.25, 0.3) is 0 Å². The molecule has 2 aromatic heterocycles. The van der Waals surface area contributed by atoms with Crippen LogP contribution in [-0.4, -0.2) is 37.5 Å². The molecule has 0 spiro atoms. The van der Waals surface area contributed by atoms with Gasteiger partial charge in [0.2, 0.25) is 0 Å². The molecule has 146 valence electrons. The van der Waals surface area contributed by atoms with Gasteiger partial charge in [-0.25, -0.2) is 9.97 Å². The van der Waals surface area contributed by atoms with Crippen molar-refractivity contribution in [1.82, 2.24) is 30.4 Å². The number of aromatic nitrogens is 6. The van der Waals surface area contributed by atoms with E-state index in [1.807, 2.05) is 78.9 Å². The molecule has 5 rings (SSSR count). The van der Waals surface area contributed by atoms with E-state index >= 15 is 0 Å². The molecule has 7 nitrogen and oxygen atoms in total. The van der Waals surface area contributed by atoms with E-state index in [-0.39, 0.29) is 0 Å². The fourth-order valence-corrected chi connectivity index (χ4v) is 3.21. The first-order chi connectivity index (χ1) is 14.8. The van der Waals surface area contributed by atoms with Crippen LogP contribution >= 0.6 is 0 Å². The molecule has 0 aliphatic carbocycles. The minimum absolute atomic E-state index is 0.577. The zero-order valence-corrected chi connectivity index (χ0v) is 16.2. The molecule has 7 heteroatoms. The Labute approximate surface area is 172 Å². The van der Waals surface area contributed by atoms with Crippen molar-refractivity contribution in [3.05, 3.63) is 78.9 Å². The van der Waals surface area contributed by atoms with Gasteiger partial charge in [0.1, 0.15) is 5.75 Å². The lowest BCUT2D eigenvalue weighted by atomic mass is 10.1. The standard InChI is InChI=1S/C23H18N6O/c1-30-19-13-17(22-24-20(26-28-22)15-8-4-2-5-9-15)12-18(14-19)23-25-21(27-29-23)16-10-6-3-7-11-16/h2-14H,1H3,(H,24,26,28)(H,25,27,29). The second-order valence-corrected chi connectivity index (χ2v) is 6.70. The van der Waals surface area contributed by atoms with Crippen LogP contribution in [0, 0.1) is 0 Å². The van der Waals surface area contributed by atoms with Crippen molar-refractivity contribution < 1.29 is 4.74 Å². The molecule has 2 heterocycles. The second kappa shape index (κ2) is 7.63. The Morgan fingerprint density at radius 3 is 1.50 bits per heavy atom. The largest absolute Gasteiger partial charge is 0.497 e. The Bertz CT molecular complexity index is 1180. The third-order valence-electron chi connectivity index (χ3n) is 4.72. The summed E-state index contributed by atoms with van der Waals surface area (Å²) in [5.74, 6) is 3.25. The summed E-state index contributed by atoms with van der Waals surface area (Å²) in [5.41, 5.74) is 3.57. The highest BCUT2D eigenvalue weighted by molar-refractivity contribution is 5.71. The van der Waals surface area contributed by atoms with Gasteiger partial charge in [-0.2, -0.15) is 10.2 Å². The van der Waals surface area contributed by atoms with Crippen LogP contribution in [0.5, 0.6) is 5.75 Å². The average molecular weight is 394 g/mol.